The van der Waals surface area contributed by atoms with Gasteiger partial charge in [0.05, 0.1) is 41.3 Å². The minimum absolute atomic E-state index is 0. The van der Waals surface area contributed by atoms with Gasteiger partial charge in [-0.1, -0.05) is 18.2 Å². The van der Waals surface area contributed by atoms with Crippen LogP contribution in [0.2, 0.25) is 0 Å². The molecule has 2 N–H and O–H groups in total. The van der Waals surface area contributed by atoms with E-state index in [9.17, 15) is 51.0 Å². The Morgan fingerprint density at radius 2 is 1.49 bits per heavy atom. The summed E-state index contributed by atoms with van der Waals surface area (Å²) >= 11 is 0. The molecule has 1 aromatic heterocycles. The maximum Gasteiger partial charge on any atom is 0.397 e. The van der Waals surface area contributed by atoms with E-state index in [2.05, 4.69) is 15.5 Å². The molecule has 0 atom stereocenters. The van der Waals surface area contributed by atoms with Gasteiger partial charge in [-0.3, -0.25) is 29.6 Å². The number of nitro benzene ring substituents is 2. The van der Waals surface area contributed by atoms with Crippen molar-refractivity contribution in [1.82, 2.24) is 15.0 Å². The normalized spacial score (nSPS) is 11.3. The van der Waals surface area contributed by atoms with Crippen molar-refractivity contribution < 1.29 is 54.9 Å². The van der Waals surface area contributed by atoms with Crippen molar-refractivity contribution in [2.45, 2.75) is 9.79 Å². The van der Waals surface area contributed by atoms with Crippen LogP contribution in [0.4, 0.5) is 17.1 Å². The second-order valence-electron chi connectivity index (χ2n) is 8.35. The van der Waals surface area contributed by atoms with Crippen molar-refractivity contribution in [3.63, 3.8) is 0 Å². The van der Waals surface area contributed by atoms with E-state index in [0.29, 0.717) is 33.9 Å². The Morgan fingerprint density at radius 1 is 0.933 bits per heavy atom. The van der Waals surface area contributed by atoms with E-state index in [1.54, 1.807) is 18.2 Å². The van der Waals surface area contributed by atoms with Crippen LogP contribution in [0.25, 0.3) is 11.4 Å². The Balaban J connectivity index is 0.00000552. The standard InChI is InChI=1S/C22H17N7O13S2.Na/c1-41-17-8-15(28(31)32)19(43(35,36)37)10-13(17)26-24-21(22(30)23-12-6-4-3-5-7-12)25-27(26)14-11-20(44(38,39)40)16(29(33)34)9-18(14)42-2;/h3-11H,1-2H3,(H2-,23,30,35,36,37,38,39,40);. The van der Waals surface area contributed by atoms with E-state index in [4.69, 9.17) is 9.47 Å². The SMILES string of the molecule is COc1cc([N+](=O)[O-])c(S(=O)(=O)O)cc1-n1nc(C(=O)Nc2ccccc2)n[n+]1-c1cc(S(=O)(=O)[O-])c([N+](=O)[O-])cc1OC.[Na]. The number of rotatable bonds is 10. The quantitative estimate of drug-likeness (QED) is 0.0757. The van der Waals surface area contributed by atoms with Gasteiger partial charge in [0.1, 0.15) is 15.0 Å². The average Bonchev–Trinajstić information content (AvgIpc) is 3.40. The number of nitro groups is 2. The number of para-hydroxylation sites is 1. The molecular formula is C22H17N7NaO13S2. The summed E-state index contributed by atoms with van der Waals surface area (Å²) in [5.74, 6) is -2.66. The van der Waals surface area contributed by atoms with Gasteiger partial charge >= 0.3 is 21.8 Å². The number of amides is 1. The number of hydrogen-bond acceptors (Lipinski definition) is 14. The van der Waals surface area contributed by atoms with E-state index in [0.717, 1.165) is 14.2 Å². The third-order valence-corrected chi connectivity index (χ3v) is 7.43. The van der Waals surface area contributed by atoms with Crippen molar-refractivity contribution in [3.8, 4) is 22.9 Å². The molecule has 20 nitrogen and oxygen atoms in total. The number of nitrogens with zero attached hydrogens (tertiary/aromatic N) is 6. The van der Waals surface area contributed by atoms with E-state index in [-0.39, 0.29) is 35.2 Å². The number of hydrogen-bond donors (Lipinski definition) is 2. The first-order valence-corrected chi connectivity index (χ1v) is 14.3. The number of benzene rings is 3. The second kappa shape index (κ2) is 13.2. The van der Waals surface area contributed by atoms with Crippen LogP contribution in [0.15, 0.2) is 64.4 Å². The summed E-state index contributed by atoms with van der Waals surface area (Å²) in [6.45, 7) is 0. The van der Waals surface area contributed by atoms with Gasteiger partial charge < -0.3 is 19.3 Å². The Morgan fingerprint density at radius 3 is 2.00 bits per heavy atom. The topological polar surface area (TPSA) is 280 Å². The molecular weight excluding hydrogens is 657 g/mol. The summed E-state index contributed by atoms with van der Waals surface area (Å²) in [6.07, 6.45) is 0. The third-order valence-electron chi connectivity index (χ3n) is 5.69. The van der Waals surface area contributed by atoms with Gasteiger partial charge in [-0.2, -0.15) is 8.42 Å². The molecule has 0 fully saturated rings. The first-order valence-electron chi connectivity index (χ1n) is 11.5. The average molecular weight is 675 g/mol. The molecule has 1 heterocycles. The predicted octanol–water partition coefficient (Wildman–Crippen LogP) is 0.400. The molecule has 0 spiro atoms. The van der Waals surface area contributed by atoms with Crippen molar-refractivity contribution in [1.29, 1.82) is 0 Å². The summed E-state index contributed by atoms with van der Waals surface area (Å²) in [7, 11) is -8.77. The molecule has 4 rings (SSSR count). The van der Waals surface area contributed by atoms with E-state index in [1.807, 2.05) is 0 Å². The predicted molar refractivity (Wildman–Crippen MR) is 147 cm³/mol. The minimum Gasteiger partial charge on any atom is -0.744 e. The fourth-order valence-corrected chi connectivity index (χ4v) is 5.11. The van der Waals surface area contributed by atoms with Crippen LogP contribution in [0, 0.1) is 20.2 Å². The zero-order valence-corrected chi connectivity index (χ0v) is 26.7. The molecule has 0 aliphatic carbocycles. The zero-order valence-electron chi connectivity index (χ0n) is 23.0. The molecule has 231 valence electrons. The molecule has 23 heteroatoms. The molecule has 0 unspecified atom stereocenters. The van der Waals surface area contributed by atoms with E-state index < -0.39 is 85.9 Å². The number of nitrogens with one attached hydrogen (secondary N) is 1. The molecule has 1 amide bonds. The third kappa shape index (κ3) is 7.22. The molecule has 0 aliphatic rings. The van der Waals surface area contributed by atoms with Crippen LogP contribution < -0.4 is 19.6 Å². The summed E-state index contributed by atoms with van der Waals surface area (Å²) in [5.41, 5.74) is -3.11. The van der Waals surface area contributed by atoms with Gasteiger partial charge in [-0.05, 0) is 16.9 Å². The molecule has 0 bridgehead atoms. The Bertz CT molecular complexity index is 1940. The Labute approximate surface area is 274 Å². The number of carbonyl (C=O) groups is 1. The first kappa shape index (κ1) is 34.9. The smallest absolute Gasteiger partial charge is 0.397 e. The monoisotopic (exact) mass is 674 g/mol. The van der Waals surface area contributed by atoms with Crippen molar-refractivity contribution in [2.75, 3.05) is 19.5 Å². The van der Waals surface area contributed by atoms with E-state index in [1.165, 1.54) is 12.1 Å². The maximum absolute atomic E-state index is 13.1. The zero-order chi connectivity index (χ0) is 32.6. The number of carbonyl (C=O) groups excluding carboxylic acids is 1. The molecule has 0 saturated heterocycles. The number of anilines is 1. The van der Waals surface area contributed by atoms with Gasteiger partial charge in [-0.15, -0.1) is 0 Å². The summed E-state index contributed by atoms with van der Waals surface area (Å²) in [5, 5.41) is 33.6. The number of aromatic nitrogens is 4. The van der Waals surface area contributed by atoms with Crippen LogP contribution in [-0.4, -0.2) is 100 Å². The van der Waals surface area contributed by atoms with Crippen LogP contribution in [0.3, 0.4) is 0 Å². The molecule has 3 aromatic carbocycles. The minimum atomic E-state index is -5.53. The van der Waals surface area contributed by atoms with Gasteiger partial charge in [0.2, 0.25) is 5.69 Å². The summed E-state index contributed by atoms with van der Waals surface area (Å²) in [6, 6.07) is 10.1. The first-order chi connectivity index (χ1) is 20.6. The Hall–Kier alpha value is -4.58. The molecule has 4 aromatic rings. The Kier molecular flexibility index (Phi) is 10.2. The largest absolute Gasteiger partial charge is 0.744 e. The number of methoxy groups -OCH3 is 2. The van der Waals surface area contributed by atoms with Crippen LogP contribution in [-0.2, 0) is 20.2 Å². The van der Waals surface area contributed by atoms with Crippen molar-refractivity contribution in [2.24, 2.45) is 0 Å². The maximum atomic E-state index is 13.1. The van der Waals surface area contributed by atoms with Crippen LogP contribution in [0.5, 0.6) is 11.5 Å². The van der Waals surface area contributed by atoms with Gasteiger partial charge in [0.25, 0.3) is 11.4 Å². The number of ether oxygens (including phenoxy) is 2. The van der Waals surface area contributed by atoms with Crippen LogP contribution in [0.1, 0.15) is 10.6 Å². The van der Waals surface area contributed by atoms with Crippen molar-refractivity contribution in [3.05, 3.63) is 80.7 Å². The second-order valence-corrected chi connectivity index (χ2v) is 11.1. The van der Waals surface area contributed by atoms with Gasteiger partial charge in [-0.25, -0.2) is 8.42 Å². The molecule has 45 heavy (non-hydrogen) atoms. The summed E-state index contributed by atoms with van der Waals surface area (Å²) < 4.78 is 80.1. The van der Waals surface area contributed by atoms with Gasteiger partial charge in [0, 0.05) is 57.3 Å². The van der Waals surface area contributed by atoms with E-state index >= 15 is 0 Å². The summed E-state index contributed by atoms with van der Waals surface area (Å²) in [4.78, 5) is 32.5. The van der Waals surface area contributed by atoms with Gasteiger partial charge in [0.15, 0.2) is 22.1 Å². The van der Waals surface area contributed by atoms with Crippen molar-refractivity contribution >= 4 is 72.8 Å². The molecule has 1 radical (unpaired) electrons. The number of tetrazole rings is 1. The molecule has 0 saturated carbocycles. The molecule has 0 aliphatic heterocycles. The van der Waals surface area contributed by atoms with Crippen LogP contribution >= 0.6 is 0 Å². The fraction of sp³-hybridized carbons (Fsp3) is 0.0909. The fourth-order valence-electron chi connectivity index (χ4n) is 3.80.